The van der Waals surface area contributed by atoms with Gasteiger partial charge in [-0.05, 0) is 20.1 Å². The third-order valence-electron chi connectivity index (χ3n) is 2.48. The van der Waals surface area contributed by atoms with Crippen molar-refractivity contribution in [3.8, 4) is 0 Å². The molecular formula is C11H18N2OS2. The van der Waals surface area contributed by atoms with Gasteiger partial charge in [0.15, 0.2) is 10.9 Å². The molecule has 0 bridgehead atoms. The molecule has 1 rings (SSSR count). The minimum atomic E-state index is 0.104. The highest BCUT2D eigenvalue weighted by molar-refractivity contribution is 7.98. The Balaban J connectivity index is 2.88. The summed E-state index contributed by atoms with van der Waals surface area (Å²) in [5, 5.41) is 0.934. The molecule has 0 N–H and O–H groups in total. The van der Waals surface area contributed by atoms with Crippen LogP contribution in [-0.4, -0.2) is 35.9 Å². The third-order valence-corrected chi connectivity index (χ3v) is 4.64. The first-order valence-corrected chi connectivity index (χ1v) is 7.38. The van der Waals surface area contributed by atoms with Crippen molar-refractivity contribution < 1.29 is 4.79 Å². The summed E-state index contributed by atoms with van der Waals surface area (Å²) in [6, 6.07) is 0.431. The quantitative estimate of drug-likeness (QED) is 0.760. The average molecular weight is 258 g/mol. The molecule has 1 aromatic rings. The van der Waals surface area contributed by atoms with E-state index in [-0.39, 0.29) is 5.78 Å². The van der Waals surface area contributed by atoms with Gasteiger partial charge in [0.1, 0.15) is 0 Å². The molecule has 0 spiro atoms. The molecule has 0 radical (unpaired) electrons. The maximum atomic E-state index is 11.3. The molecule has 5 heteroatoms. The SMILES string of the molecule is CSCC(C)N(C)c1nc(C)c(C(C)=O)s1. The Morgan fingerprint density at radius 2 is 2.25 bits per heavy atom. The number of aromatic nitrogens is 1. The van der Waals surface area contributed by atoms with Crippen LogP contribution >= 0.6 is 23.1 Å². The van der Waals surface area contributed by atoms with E-state index in [0.29, 0.717) is 6.04 Å². The fourth-order valence-electron chi connectivity index (χ4n) is 1.40. The van der Waals surface area contributed by atoms with Crippen molar-refractivity contribution in [1.29, 1.82) is 0 Å². The Morgan fingerprint density at radius 1 is 1.62 bits per heavy atom. The first-order valence-electron chi connectivity index (χ1n) is 5.17. The van der Waals surface area contributed by atoms with Crippen LogP contribution in [0.4, 0.5) is 5.13 Å². The van der Waals surface area contributed by atoms with Gasteiger partial charge < -0.3 is 4.90 Å². The predicted molar refractivity (Wildman–Crippen MR) is 73.1 cm³/mol. The Labute approximate surface area is 105 Å². The zero-order valence-electron chi connectivity index (χ0n) is 10.4. The van der Waals surface area contributed by atoms with Gasteiger partial charge in [-0.1, -0.05) is 11.3 Å². The van der Waals surface area contributed by atoms with E-state index in [0.717, 1.165) is 21.5 Å². The number of ketones is 1. The standard InChI is InChI=1S/C11H18N2OS2/c1-7(6-15-5)13(4)11-12-8(2)10(16-11)9(3)14/h7H,6H2,1-5H3. The number of rotatable bonds is 5. The van der Waals surface area contributed by atoms with Gasteiger partial charge in [-0.25, -0.2) is 4.98 Å². The number of carbonyl (C=O) groups is 1. The van der Waals surface area contributed by atoms with Crippen molar-refractivity contribution in [2.75, 3.05) is 24.0 Å². The zero-order valence-corrected chi connectivity index (χ0v) is 12.0. The zero-order chi connectivity index (χ0) is 12.3. The number of anilines is 1. The normalized spacial score (nSPS) is 12.6. The first-order chi connectivity index (χ1) is 7.47. The number of thioether (sulfide) groups is 1. The van der Waals surface area contributed by atoms with E-state index in [9.17, 15) is 4.79 Å². The number of Topliss-reactive ketones (excluding diaryl/α,β-unsaturated/α-hetero) is 1. The van der Waals surface area contributed by atoms with Gasteiger partial charge in [-0.15, -0.1) is 0 Å². The minimum absolute atomic E-state index is 0.104. The van der Waals surface area contributed by atoms with E-state index in [1.54, 1.807) is 6.92 Å². The molecule has 0 saturated heterocycles. The average Bonchev–Trinajstić information content (AvgIpc) is 2.59. The summed E-state index contributed by atoms with van der Waals surface area (Å²) in [6.07, 6.45) is 2.10. The summed E-state index contributed by atoms with van der Waals surface area (Å²) in [7, 11) is 2.03. The van der Waals surface area contributed by atoms with E-state index in [1.165, 1.54) is 11.3 Å². The summed E-state index contributed by atoms with van der Waals surface area (Å²) < 4.78 is 0. The fraction of sp³-hybridized carbons (Fsp3) is 0.636. The maximum absolute atomic E-state index is 11.3. The topological polar surface area (TPSA) is 33.2 Å². The first kappa shape index (κ1) is 13.5. The van der Waals surface area contributed by atoms with Gasteiger partial charge in [-0.2, -0.15) is 11.8 Å². The van der Waals surface area contributed by atoms with Crippen LogP contribution in [0.15, 0.2) is 0 Å². The summed E-state index contributed by atoms with van der Waals surface area (Å²) in [4.78, 5) is 18.7. The minimum Gasteiger partial charge on any atom is -0.348 e. The largest absolute Gasteiger partial charge is 0.348 e. The molecule has 0 aromatic carbocycles. The second-order valence-electron chi connectivity index (χ2n) is 3.88. The highest BCUT2D eigenvalue weighted by atomic mass is 32.2. The molecule has 0 aliphatic heterocycles. The lowest BCUT2D eigenvalue weighted by Gasteiger charge is -2.23. The van der Waals surface area contributed by atoms with Gasteiger partial charge >= 0.3 is 0 Å². The van der Waals surface area contributed by atoms with Crippen molar-refractivity contribution in [2.45, 2.75) is 26.8 Å². The number of aryl methyl sites for hydroxylation is 1. The third kappa shape index (κ3) is 2.98. The molecule has 1 heterocycles. The Bertz CT molecular complexity index is 376. The molecule has 0 amide bonds. The van der Waals surface area contributed by atoms with Crippen molar-refractivity contribution >= 4 is 34.0 Å². The second-order valence-corrected chi connectivity index (χ2v) is 5.77. The smallest absolute Gasteiger partial charge is 0.186 e. The van der Waals surface area contributed by atoms with Crippen LogP contribution in [0.3, 0.4) is 0 Å². The molecule has 0 aliphatic carbocycles. The van der Waals surface area contributed by atoms with Gasteiger partial charge in [0.05, 0.1) is 10.6 Å². The highest BCUT2D eigenvalue weighted by Gasteiger charge is 2.17. The van der Waals surface area contributed by atoms with Crippen LogP contribution in [0.5, 0.6) is 0 Å². The number of hydrogen-bond acceptors (Lipinski definition) is 5. The lowest BCUT2D eigenvalue weighted by molar-refractivity contribution is 0.102. The maximum Gasteiger partial charge on any atom is 0.186 e. The van der Waals surface area contributed by atoms with E-state index >= 15 is 0 Å². The van der Waals surface area contributed by atoms with E-state index in [2.05, 4.69) is 23.1 Å². The molecule has 3 nitrogen and oxygen atoms in total. The van der Waals surface area contributed by atoms with Crippen molar-refractivity contribution in [3.63, 3.8) is 0 Å². The molecule has 0 saturated carbocycles. The summed E-state index contributed by atoms with van der Waals surface area (Å²) in [5.41, 5.74) is 0.843. The van der Waals surface area contributed by atoms with Gasteiger partial charge in [-0.3, -0.25) is 4.79 Å². The molecule has 90 valence electrons. The van der Waals surface area contributed by atoms with Crippen LogP contribution in [0, 0.1) is 6.92 Å². The van der Waals surface area contributed by atoms with Crippen molar-refractivity contribution in [1.82, 2.24) is 4.98 Å². The molecule has 0 aliphatic rings. The molecule has 16 heavy (non-hydrogen) atoms. The van der Waals surface area contributed by atoms with E-state index < -0.39 is 0 Å². The Kier molecular flexibility index (Phi) is 4.80. The predicted octanol–water partition coefficient (Wildman–Crippen LogP) is 2.84. The van der Waals surface area contributed by atoms with Crippen LogP contribution in [-0.2, 0) is 0 Å². The monoisotopic (exact) mass is 258 g/mol. The van der Waals surface area contributed by atoms with Crippen LogP contribution in [0.25, 0.3) is 0 Å². The Hall–Kier alpha value is -0.550. The summed E-state index contributed by atoms with van der Waals surface area (Å²) >= 11 is 3.30. The highest BCUT2D eigenvalue weighted by Crippen LogP contribution is 2.27. The number of carbonyl (C=O) groups excluding carboxylic acids is 1. The number of nitrogens with zero attached hydrogens (tertiary/aromatic N) is 2. The van der Waals surface area contributed by atoms with Gasteiger partial charge in [0, 0.05) is 25.8 Å². The molecule has 1 aromatic heterocycles. The van der Waals surface area contributed by atoms with Gasteiger partial charge in [0.2, 0.25) is 0 Å². The Morgan fingerprint density at radius 3 is 2.69 bits per heavy atom. The van der Waals surface area contributed by atoms with Crippen LogP contribution < -0.4 is 4.90 Å². The lowest BCUT2D eigenvalue weighted by atomic mass is 10.3. The summed E-state index contributed by atoms with van der Waals surface area (Å²) in [6.45, 7) is 5.65. The van der Waals surface area contributed by atoms with Crippen LogP contribution in [0.1, 0.15) is 29.2 Å². The van der Waals surface area contributed by atoms with Crippen LogP contribution in [0.2, 0.25) is 0 Å². The number of thiazole rings is 1. The number of hydrogen-bond donors (Lipinski definition) is 0. The second kappa shape index (κ2) is 5.68. The lowest BCUT2D eigenvalue weighted by Crippen LogP contribution is -2.30. The molecule has 0 fully saturated rings. The van der Waals surface area contributed by atoms with Crippen molar-refractivity contribution in [2.24, 2.45) is 0 Å². The van der Waals surface area contributed by atoms with Gasteiger partial charge in [0.25, 0.3) is 0 Å². The van der Waals surface area contributed by atoms with Crippen molar-refractivity contribution in [3.05, 3.63) is 10.6 Å². The fourth-order valence-corrected chi connectivity index (χ4v) is 3.13. The molecule has 1 unspecified atom stereocenters. The molecule has 1 atom stereocenters. The molecular weight excluding hydrogens is 240 g/mol. The summed E-state index contributed by atoms with van der Waals surface area (Å²) in [5.74, 6) is 1.16. The van der Waals surface area contributed by atoms with E-state index in [4.69, 9.17) is 0 Å². The van der Waals surface area contributed by atoms with E-state index in [1.807, 2.05) is 25.7 Å².